The molecule has 0 bridgehead atoms. The van der Waals surface area contributed by atoms with E-state index in [1.54, 1.807) is 4.90 Å². The summed E-state index contributed by atoms with van der Waals surface area (Å²) in [5, 5.41) is 5.94. The average Bonchev–Trinajstić information content (AvgIpc) is 2.60. The van der Waals surface area contributed by atoms with Gasteiger partial charge >= 0.3 is 6.03 Å². The van der Waals surface area contributed by atoms with Crippen molar-refractivity contribution < 1.29 is 9.59 Å². The second kappa shape index (κ2) is 9.30. The van der Waals surface area contributed by atoms with Gasteiger partial charge in [-0.25, -0.2) is 4.79 Å². The molecule has 1 aromatic rings. The quantitative estimate of drug-likeness (QED) is 0.783. The van der Waals surface area contributed by atoms with Crippen molar-refractivity contribution in [2.75, 3.05) is 25.0 Å². The molecule has 1 fully saturated rings. The van der Waals surface area contributed by atoms with E-state index in [9.17, 15) is 9.59 Å². The first-order chi connectivity index (χ1) is 11.6. The van der Waals surface area contributed by atoms with Crippen molar-refractivity contribution in [3.8, 4) is 0 Å². The molecule has 2 rings (SSSR count). The second-order valence-corrected chi connectivity index (χ2v) is 6.56. The summed E-state index contributed by atoms with van der Waals surface area (Å²) in [6.07, 6.45) is 4.82. The number of hydrogen-bond donors (Lipinski definition) is 2. The van der Waals surface area contributed by atoms with Gasteiger partial charge in [0.1, 0.15) is 0 Å². The maximum absolute atomic E-state index is 12.3. The maximum Gasteiger partial charge on any atom is 0.321 e. The molecule has 1 aliphatic rings. The predicted molar refractivity (Wildman–Crippen MR) is 97.0 cm³/mol. The number of hydrogen-bond acceptors (Lipinski definition) is 2. The van der Waals surface area contributed by atoms with Crippen molar-refractivity contribution in [3.05, 3.63) is 29.8 Å². The molecule has 5 nitrogen and oxygen atoms in total. The first kappa shape index (κ1) is 18.3. The lowest BCUT2D eigenvalue weighted by molar-refractivity contribution is -0.126. The number of piperidine rings is 1. The fourth-order valence-corrected chi connectivity index (χ4v) is 2.92. The van der Waals surface area contributed by atoms with E-state index >= 15 is 0 Å². The molecule has 0 aromatic heterocycles. The van der Waals surface area contributed by atoms with Gasteiger partial charge in [0.2, 0.25) is 5.91 Å². The lowest BCUT2D eigenvalue weighted by Gasteiger charge is -2.31. The number of anilines is 1. The largest absolute Gasteiger partial charge is 0.356 e. The van der Waals surface area contributed by atoms with Crippen LogP contribution in [0.2, 0.25) is 0 Å². The highest BCUT2D eigenvalue weighted by atomic mass is 16.2. The van der Waals surface area contributed by atoms with E-state index in [1.165, 1.54) is 5.56 Å². The number of carbonyl (C=O) groups is 2. The molecule has 0 atom stereocenters. The number of urea groups is 1. The number of benzene rings is 1. The maximum atomic E-state index is 12.3. The molecule has 0 radical (unpaired) electrons. The zero-order chi connectivity index (χ0) is 17.4. The normalized spacial score (nSPS) is 15.2. The Morgan fingerprint density at radius 3 is 2.42 bits per heavy atom. The van der Waals surface area contributed by atoms with Crippen molar-refractivity contribution in [2.24, 2.45) is 5.92 Å². The standard InChI is InChI=1S/C19H29N3O2/c1-3-4-5-12-20-18(23)16-10-13-22(14-11-16)19(24)21-17-8-6-15(2)7-9-17/h6-9,16H,3-5,10-14H2,1-2H3,(H,20,23)(H,21,24). The molecule has 0 aliphatic carbocycles. The summed E-state index contributed by atoms with van der Waals surface area (Å²) >= 11 is 0. The molecule has 1 aliphatic heterocycles. The van der Waals surface area contributed by atoms with E-state index in [0.717, 1.165) is 44.3 Å². The molecular weight excluding hydrogens is 302 g/mol. The monoisotopic (exact) mass is 331 g/mol. The number of nitrogens with one attached hydrogen (secondary N) is 2. The van der Waals surface area contributed by atoms with Crippen LogP contribution in [-0.2, 0) is 4.79 Å². The number of unbranched alkanes of at least 4 members (excludes halogenated alkanes) is 2. The molecule has 3 amide bonds. The molecule has 5 heteroatoms. The number of amides is 3. The van der Waals surface area contributed by atoms with Gasteiger partial charge in [0, 0.05) is 31.2 Å². The van der Waals surface area contributed by atoms with Gasteiger partial charge in [-0.3, -0.25) is 4.79 Å². The molecular formula is C19H29N3O2. The Morgan fingerprint density at radius 1 is 1.12 bits per heavy atom. The summed E-state index contributed by atoms with van der Waals surface area (Å²) in [6.45, 7) is 6.19. The number of aryl methyl sites for hydroxylation is 1. The molecule has 2 N–H and O–H groups in total. The van der Waals surface area contributed by atoms with Gasteiger partial charge in [0.25, 0.3) is 0 Å². The van der Waals surface area contributed by atoms with Crippen LogP contribution in [0.4, 0.5) is 10.5 Å². The Balaban J connectivity index is 1.72. The smallest absolute Gasteiger partial charge is 0.321 e. The molecule has 1 heterocycles. The first-order valence-electron chi connectivity index (χ1n) is 9.00. The van der Waals surface area contributed by atoms with Gasteiger partial charge in [-0.05, 0) is 38.3 Å². The Kier molecular flexibility index (Phi) is 7.09. The van der Waals surface area contributed by atoms with Crippen LogP contribution >= 0.6 is 0 Å². The number of carbonyl (C=O) groups excluding carboxylic acids is 2. The summed E-state index contributed by atoms with van der Waals surface area (Å²) < 4.78 is 0. The van der Waals surface area contributed by atoms with E-state index < -0.39 is 0 Å². The zero-order valence-corrected chi connectivity index (χ0v) is 14.8. The summed E-state index contributed by atoms with van der Waals surface area (Å²) in [6, 6.07) is 7.68. The van der Waals surface area contributed by atoms with Crippen molar-refractivity contribution >= 4 is 17.6 Å². The van der Waals surface area contributed by atoms with Gasteiger partial charge < -0.3 is 15.5 Å². The summed E-state index contributed by atoms with van der Waals surface area (Å²) in [4.78, 5) is 26.2. The number of rotatable bonds is 6. The molecule has 0 spiro atoms. The minimum absolute atomic E-state index is 0.0371. The van der Waals surface area contributed by atoms with Crippen LogP contribution in [0.1, 0.15) is 44.6 Å². The molecule has 24 heavy (non-hydrogen) atoms. The van der Waals surface area contributed by atoms with E-state index in [-0.39, 0.29) is 17.9 Å². The average molecular weight is 331 g/mol. The van der Waals surface area contributed by atoms with Gasteiger partial charge in [0.15, 0.2) is 0 Å². The number of likely N-dealkylation sites (tertiary alicyclic amines) is 1. The lowest BCUT2D eigenvalue weighted by Crippen LogP contribution is -2.44. The third-order valence-corrected chi connectivity index (χ3v) is 4.54. The van der Waals surface area contributed by atoms with Crippen LogP contribution in [-0.4, -0.2) is 36.5 Å². The van der Waals surface area contributed by atoms with Crippen molar-refractivity contribution in [1.82, 2.24) is 10.2 Å². The molecule has 1 saturated heterocycles. The van der Waals surface area contributed by atoms with Crippen LogP contribution in [0.5, 0.6) is 0 Å². The minimum Gasteiger partial charge on any atom is -0.356 e. The minimum atomic E-state index is -0.0827. The number of nitrogens with zero attached hydrogens (tertiary/aromatic N) is 1. The summed E-state index contributed by atoms with van der Waals surface area (Å²) in [7, 11) is 0. The van der Waals surface area contributed by atoms with Gasteiger partial charge in [-0.1, -0.05) is 37.5 Å². The van der Waals surface area contributed by atoms with E-state index in [1.807, 2.05) is 31.2 Å². The highest BCUT2D eigenvalue weighted by Gasteiger charge is 2.27. The first-order valence-corrected chi connectivity index (χ1v) is 9.00. The van der Waals surface area contributed by atoms with Gasteiger partial charge in [0.05, 0.1) is 0 Å². The Bertz CT molecular complexity index is 534. The summed E-state index contributed by atoms with van der Waals surface area (Å²) in [5.74, 6) is 0.180. The van der Waals surface area contributed by atoms with Crippen LogP contribution in [0.25, 0.3) is 0 Å². The van der Waals surface area contributed by atoms with Crippen LogP contribution in [0.15, 0.2) is 24.3 Å². The third kappa shape index (κ3) is 5.55. The molecule has 0 saturated carbocycles. The fraction of sp³-hybridized carbons (Fsp3) is 0.579. The topological polar surface area (TPSA) is 61.4 Å². The van der Waals surface area contributed by atoms with Crippen LogP contribution in [0.3, 0.4) is 0 Å². The third-order valence-electron chi connectivity index (χ3n) is 4.54. The van der Waals surface area contributed by atoms with E-state index in [0.29, 0.717) is 13.1 Å². The van der Waals surface area contributed by atoms with Crippen LogP contribution in [0, 0.1) is 12.8 Å². The zero-order valence-electron chi connectivity index (χ0n) is 14.8. The lowest BCUT2D eigenvalue weighted by atomic mass is 9.96. The van der Waals surface area contributed by atoms with Gasteiger partial charge in [-0.2, -0.15) is 0 Å². The Hall–Kier alpha value is -2.04. The van der Waals surface area contributed by atoms with Crippen LogP contribution < -0.4 is 10.6 Å². The van der Waals surface area contributed by atoms with E-state index in [4.69, 9.17) is 0 Å². The summed E-state index contributed by atoms with van der Waals surface area (Å²) in [5.41, 5.74) is 1.97. The molecule has 132 valence electrons. The highest BCUT2D eigenvalue weighted by molar-refractivity contribution is 5.89. The van der Waals surface area contributed by atoms with Crippen molar-refractivity contribution in [2.45, 2.75) is 46.0 Å². The van der Waals surface area contributed by atoms with Crippen molar-refractivity contribution in [3.63, 3.8) is 0 Å². The Labute approximate surface area is 144 Å². The Morgan fingerprint density at radius 2 is 1.79 bits per heavy atom. The van der Waals surface area contributed by atoms with Crippen molar-refractivity contribution in [1.29, 1.82) is 0 Å². The fourth-order valence-electron chi connectivity index (χ4n) is 2.92. The molecule has 1 aromatic carbocycles. The second-order valence-electron chi connectivity index (χ2n) is 6.56. The SMILES string of the molecule is CCCCCNC(=O)C1CCN(C(=O)Nc2ccc(C)cc2)CC1. The van der Waals surface area contributed by atoms with Gasteiger partial charge in [-0.15, -0.1) is 0 Å². The predicted octanol–water partition coefficient (Wildman–Crippen LogP) is 3.55. The van der Waals surface area contributed by atoms with E-state index in [2.05, 4.69) is 17.6 Å². The molecule has 0 unspecified atom stereocenters. The highest BCUT2D eigenvalue weighted by Crippen LogP contribution is 2.19.